The average molecular weight is 298 g/mol. The molecule has 1 aromatic heterocycles. The molecule has 0 saturated carbocycles. The number of aryl methyl sites for hydroxylation is 1. The zero-order chi connectivity index (χ0) is 15.5. The number of nitrogens with zero attached hydrogens (tertiary/aromatic N) is 2. The van der Waals surface area contributed by atoms with Crippen LogP contribution in [-0.4, -0.2) is 15.7 Å². The van der Waals surface area contributed by atoms with Crippen LogP contribution in [0.3, 0.4) is 0 Å². The average Bonchev–Trinajstić information content (AvgIpc) is 2.82. The first-order valence-corrected chi connectivity index (χ1v) is 6.30. The molecular formula is C14H13F3N2O2. The summed E-state index contributed by atoms with van der Waals surface area (Å²) in [6.07, 6.45) is -4.81. The van der Waals surface area contributed by atoms with Gasteiger partial charge in [0.05, 0.1) is 12.1 Å². The largest absolute Gasteiger partial charge is 0.433 e. The van der Waals surface area contributed by atoms with Crippen LogP contribution in [0.2, 0.25) is 0 Å². The number of benzene rings is 1. The number of esters is 1. The molecule has 0 amide bonds. The van der Waals surface area contributed by atoms with E-state index in [0.717, 1.165) is 10.7 Å². The van der Waals surface area contributed by atoms with Crippen LogP contribution in [-0.2, 0) is 23.9 Å². The maximum atomic E-state index is 12.8. The van der Waals surface area contributed by atoms with Gasteiger partial charge in [-0.05, 0) is 25.1 Å². The smallest absolute Gasteiger partial charge is 0.426 e. The van der Waals surface area contributed by atoms with Crippen molar-refractivity contribution >= 4 is 5.97 Å². The first-order chi connectivity index (χ1) is 9.90. The molecule has 2 aromatic rings. The van der Waals surface area contributed by atoms with Gasteiger partial charge in [0, 0.05) is 6.54 Å². The molecule has 0 spiro atoms. The van der Waals surface area contributed by atoms with E-state index in [-0.39, 0.29) is 18.7 Å². The molecule has 0 aliphatic carbocycles. The van der Waals surface area contributed by atoms with Gasteiger partial charge in [0.2, 0.25) is 0 Å². The van der Waals surface area contributed by atoms with Crippen LogP contribution >= 0.6 is 0 Å². The Morgan fingerprint density at radius 2 is 1.95 bits per heavy atom. The van der Waals surface area contributed by atoms with E-state index < -0.39 is 17.8 Å². The molecule has 0 unspecified atom stereocenters. The third-order valence-corrected chi connectivity index (χ3v) is 2.72. The highest BCUT2D eigenvalue weighted by Gasteiger charge is 2.35. The lowest BCUT2D eigenvalue weighted by Gasteiger charge is -2.07. The summed E-state index contributed by atoms with van der Waals surface area (Å²) in [6.45, 7) is 1.62. The number of rotatable bonds is 4. The van der Waals surface area contributed by atoms with Gasteiger partial charge >= 0.3 is 12.1 Å². The normalized spacial score (nSPS) is 11.4. The number of aromatic nitrogens is 2. The van der Waals surface area contributed by atoms with Crippen molar-refractivity contribution in [2.75, 3.05) is 0 Å². The fourth-order valence-electron chi connectivity index (χ4n) is 1.83. The Balaban J connectivity index is 2.09. The van der Waals surface area contributed by atoms with Crippen molar-refractivity contribution in [1.29, 1.82) is 0 Å². The van der Waals surface area contributed by atoms with Gasteiger partial charge in [-0.3, -0.25) is 9.48 Å². The molecule has 2 rings (SSSR count). The van der Waals surface area contributed by atoms with Crippen LogP contribution in [0.25, 0.3) is 0 Å². The zero-order valence-electron chi connectivity index (χ0n) is 11.2. The van der Waals surface area contributed by atoms with Gasteiger partial charge < -0.3 is 4.74 Å². The van der Waals surface area contributed by atoms with E-state index in [4.69, 9.17) is 4.74 Å². The number of hydrogen-bond acceptors (Lipinski definition) is 3. The van der Waals surface area contributed by atoms with Crippen LogP contribution < -0.4 is 4.74 Å². The van der Waals surface area contributed by atoms with Crippen molar-refractivity contribution in [2.45, 2.75) is 26.1 Å². The van der Waals surface area contributed by atoms with E-state index in [9.17, 15) is 18.0 Å². The minimum absolute atomic E-state index is 0.0325. The summed E-state index contributed by atoms with van der Waals surface area (Å²) < 4.78 is 44.1. The second-order valence-corrected chi connectivity index (χ2v) is 4.30. The highest BCUT2D eigenvalue weighted by Crippen LogP contribution is 2.29. The molecule has 0 atom stereocenters. The SMILES string of the molecule is CCn1nc(CC(=O)Oc2ccccc2)cc1C(F)(F)F. The Hall–Kier alpha value is -2.31. The number of halogens is 3. The van der Waals surface area contributed by atoms with Crippen LogP contribution in [0.4, 0.5) is 13.2 Å². The summed E-state index contributed by atoms with van der Waals surface area (Å²) >= 11 is 0. The van der Waals surface area contributed by atoms with Crippen LogP contribution in [0.1, 0.15) is 18.3 Å². The van der Waals surface area contributed by atoms with Gasteiger partial charge in [-0.1, -0.05) is 18.2 Å². The van der Waals surface area contributed by atoms with Gasteiger partial charge in [-0.25, -0.2) is 0 Å². The van der Waals surface area contributed by atoms with Crippen molar-refractivity contribution in [3.63, 3.8) is 0 Å². The second-order valence-electron chi connectivity index (χ2n) is 4.30. The molecule has 0 aliphatic rings. The standard InChI is InChI=1S/C14H13F3N2O2/c1-2-19-12(14(15,16)17)8-10(18-19)9-13(20)21-11-6-4-3-5-7-11/h3-8H,2,9H2,1H3. The molecular weight excluding hydrogens is 285 g/mol. The number of alkyl halides is 3. The van der Waals surface area contributed by atoms with Crippen molar-refractivity contribution in [3.8, 4) is 5.75 Å². The fraction of sp³-hybridized carbons (Fsp3) is 0.286. The molecule has 1 heterocycles. The summed E-state index contributed by atoms with van der Waals surface area (Å²) in [5.41, 5.74) is -0.836. The van der Waals surface area contributed by atoms with Crippen LogP contribution in [0.5, 0.6) is 5.75 Å². The minimum atomic E-state index is -4.50. The van der Waals surface area contributed by atoms with E-state index in [2.05, 4.69) is 5.10 Å². The second kappa shape index (κ2) is 5.99. The monoisotopic (exact) mass is 298 g/mol. The lowest BCUT2D eigenvalue weighted by molar-refractivity contribution is -0.144. The number of para-hydroxylation sites is 1. The molecule has 0 saturated heterocycles. The first-order valence-electron chi connectivity index (χ1n) is 6.30. The molecule has 7 heteroatoms. The molecule has 0 bridgehead atoms. The molecule has 4 nitrogen and oxygen atoms in total. The van der Waals surface area contributed by atoms with Gasteiger partial charge in [0.1, 0.15) is 11.4 Å². The lowest BCUT2D eigenvalue weighted by Crippen LogP contribution is -2.13. The lowest BCUT2D eigenvalue weighted by atomic mass is 10.3. The van der Waals surface area contributed by atoms with Crippen LogP contribution in [0.15, 0.2) is 36.4 Å². The Kier molecular flexibility index (Phi) is 4.30. The zero-order valence-corrected chi connectivity index (χ0v) is 11.2. The highest BCUT2D eigenvalue weighted by molar-refractivity contribution is 5.74. The molecule has 0 radical (unpaired) electrons. The van der Waals surface area contributed by atoms with Crippen molar-refractivity contribution in [2.24, 2.45) is 0 Å². The Labute approximate surface area is 119 Å². The summed E-state index contributed by atoms with van der Waals surface area (Å²) in [7, 11) is 0. The first kappa shape index (κ1) is 15.1. The van der Waals surface area contributed by atoms with Gasteiger partial charge in [-0.2, -0.15) is 18.3 Å². The highest BCUT2D eigenvalue weighted by atomic mass is 19.4. The van der Waals surface area contributed by atoms with E-state index in [1.807, 2.05) is 0 Å². The predicted molar refractivity (Wildman–Crippen MR) is 68.7 cm³/mol. The summed E-state index contributed by atoms with van der Waals surface area (Å²) in [5.74, 6) is -0.316. The summed E-state index contributed by atoms with van der Waals surface area (Å²) in [6, 6.07) is 9.19. The van der Waals surface area contributed by atoms with E-state index in [1.165, 1.54) is 0 Å². The minimum Gasteiger partial charge on any atom is -0.426 e. The molecule has 112 valence electrons. The quantitative estimate of drug-likeness (QED) is 0.643. The molecule has 0 fully saturated rings. The Morgan fingerprint density at radius 1 is 1.29 bits per heavy atom. The van der Waals surface area contributed by atoms with Crippen molar-refractivity contribution < 1.29 is 22.7 Å². The number of carbonyl (C=O) groups excluding carboxylic acids is 1. The number of ether oxygens (including phenoxy) is 1. The Bertz CT molecular complexity index is 621. The fourth-order valence-corrected chi connectivity index (χ4v) is 1.83. The maximum Gasteiger partial charge on any atom is 0.433 e. The summed E-state index contributed by atoms with van der Waals surface area (Å²) in [4.78, 5) is 11.7. The van der Waals surface area contributed by atoms with E-state index >= 15 is 0 Å². The maximum absolute atomic E-state index is 12.8. The van der Waals surface area contributed by atoms with Gasteiger partial charge in [-0.15, -0.1) is 0 Å². The van der Waals surface area contributed by atoms with Crippen molar-refractivity contribution in [3.05, 3.63) is 47.8 Å². The third-order valence-electron chi connectivity index (χ3n) is 2.72. The molecule has 1 aromatic carbocycles. The Morgan fingerprint density at radius 3 is 2.48 bits per heavy atom. The summed E-state index contributed by atoms with van der Waals surface area (Å²) in [5, 5.41) is 3.77. The topological polar surface area (TPSA) is 44.1 Å². The van der Waals surface area contributed by atoms with Gasteiger partial charge in [0.15, 0.2) is 0 Å². The predicted octanol–water partition coefficient (Wildman–Crippen LogP) is 3.07. The molecule has 21 heavy (non-hydrogen) atoms. The number of hydrogen-bond donors (Lipinski definition) is 0. The molecule has 0 aliphatic heterocycles. The number of carbonyl (C=O) groups is 1. The van der Waals surface area contributed by atoms with Crippen molar-refractivity contribution in [1.82, 2.24) is 9.78 Å². The van der Waals surface area contributed by atoms with E-state index in [1.54, 1.807) is 37.3 Å². The van der Waals surface area contributed by atoms with Crippen LogP contribution in [0, 0.1) is 0 Å². The molecule has 0 N–H and O–H groups in total. The van der Waals surface area contributed by atoms with E-state index in [0.29, 0.717) is 5.75 Å². The van der Waals surface area contributed by atoms with Gasteiger partial charge in [0.25, 0.3) is 0 Å². The third kappa shape index (κ3) is 3.84.